The van der Waals surface area contributed by atoms with Gasteiger partial charge >= 0.3 is 5.97 Å². The summed E-state index contributed by atoms with van der Waals surface area (Å²) < 4.78 is 0. The lowest BCUT2D eigenvalue weighted by molar-refractivity contribution is -0.137. The SMILES string of the molecule is CCCCCC(=O)O.CN(C)N1C=CC=CC1. The number of hydrogen-bond acceptors (Lipinski definition) is 3. The Hall–Kier alpha value is -1.29. The van der Waals surface area contributed by atoms with Crippen molar-refractivity contribution in [2.45, 2.75) is 32.6 Å². The Bertz CT molecular complexity index is 260. The number of allylic oxidation sites excluding steroid dienone is 2. The minimum absolute atomic E-state index is 0.327. The highest BCUT2D eigenvalue weighted by Crippen LogP contribution is 1.98. The van der Waals surface area contributed by atoms with Gasteiger partial charge in [-0.15, -0.1) is 0 Å². The molecular weight excluding hydrogens is 216 g/mol. The summed E-state index contributed by atoms with van der Waals surface area (Å²) in [4.78, 5) is 9.87. The molecule has 0 unspecified atom stereocenters. The molecule has 0 aliphatic carbocycles. The van der Waals surface area contributed by atoms with E-state index in [2.05, 4.69) is 35.3 Å². The van der Waals surface area contributed by atoms with Gasteiger partial charge in [0.2, 0.25) is 0 Å². The predicted molar refractivity (Wildman–Crippen MR) is 70.5 cm³/mol. The van der Waals surface area contributed by atoms with Gasteiger partial charge in [0.25, 0.3) is 0 Å². The largest absolute Gasteiger partial charge is 0.481 e. The molecule has 1 aliphatic rings. The minimum atomic E-state index is -0.682. The number of nitrogens with zero attached hydrogens (tertiary/aromatic N) is 2. The summed E-state index contributed by atoms with van der Waals surface area (Å²) in [6.45, 7) is 3.05. The highest BCUT2D eigenvalue weighted by atomic mass is 16.4. The fraction of sp³-hybridized carbons (Fsp3) is 0.615. The standard InChI is InChI=1S/C7H12N2.C6H12O2/c1-8(2)9-6-4-3-5-7-9;1-2-3-4-5-6(7)8/h3-6H,7H2,1-2H3;2-5H2,1H3,(H,7,8). The number of hydrogen-bond donors (Lipinski definition) is 1. The Morgan fingerprint density at radius 2 is 2.06 bits per heavy atom. The fourth-order valence-electron chi connectivity index (χ4n) is 1.28. The lowest BCUT2D eigenvalue weighted by atomic mass is 10.2. The smallest absolute Gasteiger partial charge is 0.303 e. The van der Waals surface area contributed by atoms with Gasteiger partial charge < -0.3 is 10.1 Å². The molecule has 0 saturated carbocycles. The van der Waals surface area contributed by atoms with Gasteiger partial charge in [0.1, 0.15) is 0 Å². The summed E-state index contributed by atoms with van der Waals surface area (Å²) in [7, 11) is 4.06. The van der Waals surface area contributed by atoms with E-state index in [1.807, 2.05) is 20.2 Å². The van der Waals surface area contributed by atoms with Crippen molar-refractivity contribution in [3.05, 3.63) is 24.4 Å². The summed E-state index contributed by atoms with van der Waals surface area (Å²) in [5.74, 6) is -0.682. The maximum absolute atomic E-state index is 9.87. The van der Waals surface area contributed by atoms with E-state index in [9.17, 15) is 4.79 Å². The molecule has 0 spiro atoms. The van der Waals surface area contributed by atoms with E-state index >= 15 is 0 Å². The van der Waals surface area contributed by atoms with E-state index in [-0.39, 0.29) is 0 Å². The molecule has 0 fully saturated rings. The van der Waals surface area contributed by atoms with Crippen molar-refractivity contribution in [2.75, 3.05) is 20.6 Å². The summed E-state index contributed by atoms with van der Waals surface area (Å²) in [6, 6.07) is 0. The number of aliphatic carboxylic acids is 1. The quantitative estimate of drug-likeness (QED) is 0.750. The fourth-order valence-corrected chi connectivity index (χ4v) is 1.28. The summed E-state index contributed by atoms with van der Waals surface area (Å²) >= 11 is 0. The van der Waals surface area contributed by atoms with Crippen molar-refractivity contribution >= 4 is 5.97 Å². The highest BCUT2D eigenvalue weighted by Gasteiger charge is 1.98. The molecule has 1 heterocycles. The van der Waals surface area contributed by atoms with Gasteiger partial charge in [0, 0.05) is 26.7 Å². The first-order valence-electron chi connectivity index (χ1n) is 6.07. The minimum Gasteiger partial charge on any atom is -0.481 e. The van der Waals surface area contributed by atoms with Crippen LogP contribution in [0.1, 0.15) is 32.6 Å². The molecule has 0 radical (unpaired) electrons. The second-order valence-corrected chi connectivity index (χ2v) is 4.09. The van der Waals surface area contributed by atoms with Crippen LogP contribution in [0.2, 0.25) is 0 Å². The van der Waals surface area contributed by atoms with Crippen molar-refractivity contribution in [2.24, 2.45) is 0 Å². The zero-order valence-electron chi connectivity index (χ0n) is 11.1. The van der Waals surface area contributed by atoms with Gasteiger partial charge in [-0.2, -0.15) is 0 Å². The molecule has 0 atom stereocenters. The third-order valence-electron chi connectivity index (χ3n) is 2.31. The maximum atomic E-state index is 9.87. The molecule has 0 amide bonds. The van der Waals surface area contributed by atoms with Gasteiger partial charge in [-0.05, 0) is 12.5 Å². The van der Waals surface area contributed by atoms with Crippen LogP contribution in [-0.4, -0.2) is 41.7 Å². The van der Waals surface area contributed by atoms with E-state index in [0.717, 1.165) is 25.8 Å². The lowest BCUT2D eigenvalue weighted by Gasteiger charge is -2.27. The summed E-state index contributed by atoms with van der Waals surface area (Å²) in [5, 5.41) is 12.3. The zero-order chi connectivity index (χ0) is 13.1. The molecule has 4 heteroatoms. The Kier molecular flexibility index (Phi) is 9.15. The van der Waals surface area contributed by atoms with Crippen molar-refractivity contribution in [1.29, 1.82) is 0 Å². The van der Waals surface area contributed by atoms with Crippen molar-refractivity contribution in [3.63, 3.8) is 0 Å². The van der Waals surface area contributed by atoms with Crippen LogP contribution >= 0.6 is 0 Å². The highest BCUT2D eigenvalue weighted by molar-refractivity contribution is 5.66. The number of rotatable bonds is 5. The van der Waals surface area contributed by atoms with Crippen LogP contribution in [0.3, 0.4) is 0 Å². The Morgan fingerprint density at radius 1 is 1.35 bits per heavy atom. The molecule has 1 N–H and O–H groups in total. The molecule has 0 bridgehead atoms. The Balaban J connectivity index is 0.000000304. The Labute approximate surface area is 104 Å². The molecule has 0 aromatic rings. The molecule has 0 aromatic heterocycles. The van der Waals surface area contributed by atoms with Gasteiger partial charge in [-0.3, -0.25) is 4.79 Å². The van der Waals surface area contributed by atoms with Crippen LogP contribution < -0.4 is 0 Å². The number of carboxylic acids is 1. The topological polar surface area (TPSA) is 43.8 Å². The van der Waals surface area contributed by atoms with Gasteiger partial charge in [-0.1, -0.05) is 31.9 Å². The van der Waals surface area contributed by atoms with Crippen molar-refractivity contribution in [1.82, 2.24) is 10.0 Å². The van der Waals surface area contributed by atoms with Crippen LogP contribution in [0.4, 0.5) is 0 Å². The third kappa shape index (κ3) is 9.63. The third-order valence-corrected chi connectivity index (χ3v) is 2.31. The van der Waals surface area contributed by atoms with Gasteiger partial charge in [0.15, 0.2) is 0 Å². The molecule has 0 aromatic carbocycles. The predicted octanol–water partition coefficient (Wildman–Crippen LogP) is 2.50. The van der Waals surface area contributed by atoms with Crippen LogP contribution in [0.25, 0.3) is 0 Å². The molecular formula is C13H24N2O2. The van der Waals surface area contributed by atoms with Crippen LogP contribution in [0.5, 0.6) is 0 Å². The molecule has 1 rings (SSSR count). The molecule has 4 nitrogen and oxygen atoms in total. The maximum Gasteiger partial charge on any atom is 0.303 e. The summed E-state index contributed by atoms with van der Waals surface area (Å²) in [6.07, 6.45) is 11.5. The average Bonchev–Trinajstić information content (AvgIpc) is 2.31. The molecule has 17 heavy (non-hydrogen) atoms. The average molecular weight is 240 g/mol. The van der Waals surface area contributed by atoms with E-state index in [1.54, 1.807) is 0 Å². The lowest BCUT2D eigenvalue weighted by Crippen LogP contribution is -2.32. The van der Waals surface area contributed by atoms with Gasteiger partial charge in [0.05, 0.1) is 6.54 Å². The van der Waals surface area contributed by atoms with Crippen LogP contribution in [-0.2, 0) is 4.79 Å². The van der Waals surface area contributed by atoms with Crippen molar-refractivity contribution in [3.8, 4) is 0 Å². The molecule has 0 saturated heterocycles. The molecule has 98 valence electrons. The normalized spacial score (nSPS) is 13.5. The van der Waals surface area contributed by atoms with E-state index in [4.69, 9.17) is 5.11 Å². The first kappa shape index (κ1) is 15.7. The number of carbonyl (C=O) groups is 1. The monoisotopic (exact) mass is 240 g/mol. The number of hydrazine groups is 1. The zero-order valence-corrected chi connectivity index (χ0v) is 11.1. The number of carboxylic acid groups (broad SMARTS) is 1. The van der Waals surface area contributed by atoms with Crippen LogP contribution in [0, 0.1) is 0 Å². The van der Waals surface area contributed by atoms with Crippen LogP contribution in [0.15, 0.2) is 24.4 Å². The van der Waals surface area contributed by atoms with E-state index in [1.165, 1.54) is 0 Å². The van der Waals surface area contributed by atoms with E-state index < -0.39 is 5.97 Å². The number of unbranched alkanes of at least 4 members (excludes halogenated alkanes) is 2. The summed E-state index contributed by atoms with van der Waals surface area (Å²) in [5.41, 5.74) is 0. The van der Waals surface area contributed by atoms with Crippen molar-refractivity contribution < 1.29 is 9.90 Å². The first-order chi connectivity index (χ1) is 8.07. The Morgan fingerprint density at radius 3 is 2.41 bits per heavy atom. The second kappa shape index (κ2) is 9.90. The first-order valence-corrected chi connectivity index (χ1v) is 6.07. The molecule has 1 aliphatic heterocycles. The van der Waals surface area contributed by atoms with Gasteiger partial charge in [-0.25, -0.2) is 5.01 Å². The van der Waals surface area contributed by atoms with E-state index in [0.29, 0.717) is 6.42 Å². The second-order valence-electron chi connectivity index (χ2n) is 4.09.